The molecule has 6 nitrogen and oxygen atoms in total. The third-order valence-electron chi connectivity index (χ3n) is 4.52. The van der Waals surface area contributed by atoms with Crippen molar-refractivity contribution in [1.29, 1.82) is 0 Å². The van der Waals surface area contributed by atoms with Crippen LogP contribution in [0.2, 0.25) is 0 Å². The van der Waals surface area contributed by atoms with Gasteiger partial charge in [0.2, 0.25) is 5.91 Å². The number of hydrogen-bond acceptors (Lipinski definition) is 3. The number of benzene rings is 1. The number of aliphatic hydroxyl groups excluding tert-OH is 1. The van der Waals surface area contributed by atoms with Crippen LogP contribution in [0.3, 0.4) is 0 Å². The topological polar surface area (TPSA) is 85.4 Å². The first kappa shape index (κ1) is 19.0. The highest BCUT2D eigenvalue weighted by Crippen LogP contribution is 2.23. The Labute approximate surface area is 153 Å². The Morgan fingerprint density at radius 3 is 2.52 bits per heavy atom. The predicted octanol–water partition coefficient (Wildman–Crippen LogP) is 2.59. The lowest BCUT2D eigenvalue weighted by Crippen LogP contribution is -2.31. The molecule has 2 atom stereocenters. The maximum absolute atomic E-state index is 13.2. The van der Waals surface area contributed by atoms with Crippen molar-refractivity contribution in [3.63, 3.8) is 0 Å². The van der Waals surface area contributed by atoms with E-state index in [1.807, 2.05) is 0 Å². The van der Waals surface area contributed by atoms with E-state index in [4.69, 9.17) is 0 Å². The van der Waals surface area contributed by atoms with E-state index in [1.54, 1.807) is 13.0 Å². The minimum atomic E-state index is -1.60. The molecule has 27 heavy (non-hydrogen) atoms. The first-order chi connectivity index (χ1) is 12.8. The zero-order valence-electron chi connectivity index (χ0n) is 14.4. The molecular formula is C18H18F3N3O3. The van der Waals surface area contributed by atoms with Gasteiger partial charge in [-0.3, -0.25) is 9.59 Å². The summed E-state index contributed by atoms with van der Waals surface area (Å²) in [5.74, 6) is -5.77. The number of nitrogens with one attached hydrogen (secondary N) is 2. The summed E-state index contributed by atoms with van der Waals surface area (Å²) < 4.78 is 39.5. The second kappa shape index (κ2) is 7.43. The van der Waals surface area contributed by atoms with Crippen LogP contribution < -0.4 is 5.32 Å². The van der Waals surface area contributed by atoms with Gasteiger partial charge in [-0.2, -0.15) is 0 Å². The summed E-state index contributed by atoms with van der Waals surface area (Å²) >= 11 is 0. The first-order valence-electron chi connectivity index (χ1n) is 8.37. The van der Waals surface area contributed by atoms with E-state index < -0.39 is 35.4 Å². The Balaban J connectivity index is 1.63. The lowest BCUT2D eigenvalue weighted by atomic mass is 10.1. The summed E-state index contributed by atoms with van der Waals surface area (Å²) in [5, 5.41) is 11.9. The molecule has 0 saturated carbocycles. The second-order valence-corrected chi connectivity index (χ2v) is 6.50. The fourth-order valence-electron chi connectivity index (χ4n) is 2.98. The minimum Gasteiger partial charge on any atom is -0.389 e. The van der Waals surface area contributed by atoms with E-state index in [-0.39, 0.29) is 18.1 Å². The summed E-state index contributed by atoms with van der Waals surface area (Å²) in [7, 11) is 0. The zero-order valence-corrected chi connectivity index (χ0v) is 14.4. The van der Waals surface area contributed by atoms with Crippen LogP contribution >= 0.6 is 0 Å². The maximum atomic E-state index is 13.2. The van der Waals surface area contributed by atoms with Crippen LogP contribution in [0.25, 0.3) is 0 Å². The summed E-state index contributed by atoms with van der Waals surface area (Å²) in [6.45, 7) is 2.06. The van der Waals surface area contributed by atoms with Gasteiger partial charge < -0.3 is 20.3 Å². The smallest absolute Gasteiger partial charge is 0.270 e. The van der Waals surface area contributed by atoms with Gasteiger partial charge in [0.1, 0.15) is 5.69 Å². The highest BCUT2D eigenvalue weighted by Gasteiger charge is 2.32. The van der Waals surface area contributed by atoms with Crippen molar-refractivity contribution in [1.82, 2.24) is 9.88 Å². The Bertz CT molecular complexity index is 859. The number of nitrogens with zero attached hydrogens (tertiary/aromatic N) is 1. The van der Waals surface area contributed by atoms with Crippen LogP contribution in [0.5, 0.6) is 0 Å². The van der Waals surface area contributed by atoms with Gasteiger partial charge in [0.25, 0.3) is 5.91 Å². The highest BCUT2D eigenvalue weighted by molar-refractivity contribution is 5.96. The normalized spacial score (nSPS) is 17.8. The van der Waals surface area contributed by atoms with Crippen LogP contribution in [0.15, 0.2) is 24.4 Å². The van der Waals surface area contributed by atoms with Crippen LogP contribution in [-0.4, -0.2) is 39.9 Å². The average molecular weight is 381 g/mol. The minimum absolute atomic E-state index is 0.139. The number of amides is 2. The molecule has 3 N–H and O–H groups in total. The standard InChI is InChI=1S/C18H18F3N3O3/c1-9(25)11-4-15(22-7-11)18(27)24-3-2-10(8-24)17(26)23-12-5-13(19)16(21)14(20)6-12/h4-7,9-10,22,25H,2-3,8H2,1H3,(H,23,26)/t9?,10-/m0/s1. The number of aliphatic hydroxyl groups is 1. The molecule has 0 bridgehead atoms. The number of aromatic nitrogens is 1. The molecule has 0 aliphatic carbocycles. The fraction of sp³-hybridized carbons (Fsp3) is 0.333. The molecule has 1 aliphatic heterocycles. The molecule has 1 saturated heterocycles. The zero-order chi connectivity index (χ0) is 19.7. The molecule has 1 aromatic heterocycles. The van der Waals surface area contributed by atoms with Gasteiger partial charge >= 0.3 is 0 Å². The van der Waals surface area contributed by atoms with E-state index in [0.717, 1.165) is 0 Å². The number of likely N-dealkylation sites (tertiary alicyclic amines) is 1. The van der Waals surface area contributed by atoms with Gasteiger partial charge in [-0.1, -0.05) is 0 Å². The number of anilines is 1. The number of aromatic amines is 1. The van der Waals surface area contributed by atoms with Crippen molar-refractivity contribution in [3.8, 4) is 0 Å². The van der Waals surface area contributed by atoms with Crippen molar-refractivity contribution in [2.75, 3.05) is 18.4 Å². The Morgan fingerprint density at radius 1 is 1.26 bits per heavy atom. The van der Waals surface area contributed by atoms with Crippen molar-refractivity contribution < 1.29 is 27.9 Å². The molecule has 1 aromatic carbocycles. The van der Waals surface area contributed by atoms with E-state index in [1.165, 1.54) is 11.1 Å². The third kappa shape index (κ3) is 3.97. The van der Waals surface area contributed by atoms with Crippen LogP contribution in [0.1, 0.15) is 35.5 Å². The molecule has 1 unspecified atom stereocenters. The Hall–Kier alpha value is -2.81. The highest BCUT2D eigenvalue weighted by atomic mass is 19.2. The van der Waals surface area contributed by atoms with Crippen molar-refractivity contribution in [2.45, 2.75) is 19.4 Å². The molecule has 2 heterocycles. The molecule has 0 radical (unpaired) electrons. The van der Waals surface area contributed by atoms with Gasteiger partial charge in [0, 0.05) is 37.1 Å². The van der Waals surface area contributed by atoms with Crippen molar-refractivity contribution in [3.05, 3.63) is 53.1 Å². The predicted molar refractivity (Wildman–Crippen MR) is 90.4 cm³/mol. The van der Waals surface area contributed by atoms with E-state index in [9.17, 15) is 27.9 Å². The van der Waals surface area contributed by atoms with E-state index in [2.05, 4.69) is 10.3 Å². The molecule has 0 spiro atoms. The quantitative estimate of drug-likeness (QED) is 0.712. The molecule has 1 fully saturated rings. The summed E-state index contributed by atoms with van der Waals surface area (Å²) in [4.78, 5) is 29.0. The lowest BCUT2D eigenvalue weighted by Gasteiger charge is -2.16. The van der Waals surface area contributed by atoms with Gasteiger partial charge in [-0.15, -0.1) is 0 Å². The summed E-state index contributed by atoms with van der Waals surface area (Å²) in [5.41, 5.74) is 0.689. The molecule has 1 aliphatic rings. The number of halogens is 3. The number of H-pyrrole nitrogens is 1. The summed E-state index contributed by atoms with van der Waals surface area (Å²) in [6, 6.07) is 2.94. The Kier molecular flexibility index (Phi) is 5.22. The van der Waals surface area contributed by atoms with Crippen LogP contribution in [0, 0.1) is 23.4 Å². The van der Waals surface area contributed by atoms with E-state index >= 15 is 0 Å². The van der Waals surface area contributed by atoms with E-state index in [0.29, 0.717) is 36.4 Å². The number of carbonyl (C=O) groups excluding carboxylic acids is 2. The molecular weight excluding hydrogens is 363 g/mol. The van der Waals surface area contributed by atoms with Gasteiger partial charge in [-0.25, -0.2) is 13.2 Å². The second-order valence-electron chi connectivity index (χ2n) is 6.50. The number of carbonyl (C=O) groups is 2. The average Bonchev–Trinajstić information content (AvgIpc) is 3.28. The van der Waals surface area contributed by atoms with Crippen molar-refractivity contribution in [2.24, 2.45) is 5.92 Å². The van der Waals surface area contributed by atoms with Crippen LogP contribution in [-0.2, 0) is 4.79 Å². The van der Waals surface area contributed by atoms with Gasteiger partial charge in [-0.05, 0) is 25.0 Å². The monoisotopic (exact) mass is 381 g/mol. The molecule has 144 valence electrons. The molecule has 3 rings (SSSR count). The molecule has 2 aromatic rings. The van der Waals surface area contributed by atoms with Gasteiger partial charge in [0.15, 0.2) is 17.5 Å². The molecule has 2 amide bonds. The summed E-state index contributed by atoms with van der Waals surface area (Å²) in [6.07, 6.45) is 1.21. The SMILES string of the molecule is CC(O)c1c[nH]c(C(=O)N2CC[C@H](C(=O)Nc3cc(F)c(F)c(F)c3)C2)c1. The molecule has 9 heteroatoms. The fourth-order valence-corrected chi connectivity index (χ4v) is 2.98. The van der Waals surface area contributed by atoms with Crippen molar-refractivity contribution >= 4 is 17.5 Å². The van der Waals surface area contributed by atoms with Crippen LogP contribution in [0.4, 0.5) is 18.9 Å². The first-order valence-corrected chi connectivity index (χ1v) is 8.37. The number of rotatable bonds is 4. The lowest BCUT2D eigenvalue weighted by molar-refractivity contribution is -0.119. The largest absolute Gasteiger partial charge is 0.389 e. The Morgan fingerprint density at radius 2 is 1.93 bits per heavy atom. The third-order valence-corrected chi connectivity index (χ3v) is 4.52. The van der Waals surface area contributed by atoms with Gasteiger partial charge in [0.05, 0.1) is 12.0 Å². The number of hydrogen-bond donors (Lipinski definition) is 3. The maximum Gasteiger partial charge on any atom is 0.270 e.